The molecule has 1 unspecified atom stereocenters. The van der Waals surface area contributed by atoms with Crippen LogP contribution in [0, 0.1) is 5.92 Å². The number of carbonyl (C=O) groups excluding carboxylic acids is 1. The molecule has 1 amide bonds. The number of amides is 1. The van der Waals surface area contributed by atoms with E-state index >= 15 is 0 Å². The molecule has 1 fully saturated rings. The molecule has 1 aliphatic carbocycles. The molecule has 0 saturated heterocycles. The Kier molecular flexibility index (Phi) is 5.19. The number of benzene rings is 2. The smallest absolute Gasteiger partial charge is 0.227 e. The molecule has 3 heteroatoms. The molecule has 0 aliphatic heterocycles. The summed E-state index contributed by atoms with van der Waals surface area (Å²) in [5.74, 6) is 0.711. The zero-order valence-electron chi connectivity index (χ0n) is 14.5. The van der Waals surface area contributed by atoms with Crippen molar-refractivity contribution in [1.82, 2.24) is 5.32 Å². The van der Waals surface area contributed by atoms with Crippen LogP contribution in [0.3, 0.4) is 0 Å². The van der Waals surface area contributed by atoms with E-state index in [0.29, 0.717) is 12.5 Å². The van der Waals surface area contributed by atoms with Gasteiger partial charge in [-0.3, -0.25) is 4.79 Å². The van der Waals surface area contributed by atoms with Gasteiger partial charge in [0.05, 0.1) is 5.92 Å². The summed E-state index contributed by atoms with van der Waals surface area (Å²) in [6.07, 6.45) is 3.20. The van der Waals surface area contributed by atoms with Crippen molar-refractivity contribution in [3.05, 3.63) is 65.7 Å². The second-order valence-corrected chi connectivity index (χ2v) is 6.83. The van der Waals surface area contributed by atoms with Crippen molar-refractivity contribution >= 4 is 11.6 Å². The first-order valence-corrected chi connectivity index (χ1v) is 8.74. The summed E-state index contributed by atoms with van der Waals surface area (Å²) in [7, 11) is 4.08. The minimum atomic E-state index is 0.0160. The number of anilines is 1. The highest BCUT2D eigenvalue weighted by Gasteiger charge is 2.36. The number of carbonyl (C=O) groups is 1. The molecule has 1 aliphatic rings. The van der Waals surface area contributed by atoms with E-state index in [1.54, 1.807) is 0 Å². The molecule has 3 rings (SSSR count). The largest absolute Gasteiger partial charge is 0.378 e. The van der Waals surface area contributed by atoms with E-state index in [9.17, 15) is 4.79 Å². The van der Waals surface area contributed by atoms with Crippen LogP contribution in [-0.4, -0.2) is 26.5 Å². The second-order valence-electron chi connectivity index (χ2n) is 6.83. The summed E-state index contributed by atoms with van der Waals surface area (Å²) in [4.78, 5) is 14.7. The molecule has 1 saturated carbocycles. The van der Waals surface area contributed by atoms with Crippen LogP contribution in [-0.2, 0) is 11.2 Å². The van der Waals surface area contributed by atoms with Crippen LogP contribution in [0.4, 0.5) is 5.69 Å². The molecule has 0 heterocycles. The lowest BCUT2D eigenvalue weighted by Crippen LogP contribution is -2.32. The lowest BCUT2D eigenvalue weighted by Gasteiger charge is -2.17. The van der Waals surface area contributed by atoms with Gasteiger partial charge in [0, 0.05) is 26.3 Å². The average molecular weight is 322 g/mol. The van der Waals surface area contributed by atoms with Crippen LogP contribution >= 0.6 is 0 Å². The fraction of sp³-hybridized carbons (Fsp3) is 0.381. The van der Waals surface area contributed by atoms with Crippen molar-refractivity contribution in [3.63, 3.8) is 0 Å². The van der Waals surface area contributed by atoms with Gasteiger partial charge in [-0.1, -0.05) is 42.5 Å². The molecular weight excluding hydrogens is 296 g/mol. The number of rotatable bonds is 7. The molecule has 3 nitrogen and oxygen atoms in total. The minimum absolute atomic E-state index is 0.0160. The molecule has 0 spiro atoms. The van der Waals surface area contributed by atoms with Gasteiger partial charge in [0.15, 0.2) is 0 Å². The van der Waals surface area contributed by atoms with E-state index in [1.165, 1.54) is 24.1 Å². The fourth-order valence-electron chi connectivity index (χ4n) is 3.13. The SMILES string of the molecule is CN(C)c1ccc(CCNC(=O)C(c2ccccc2)C2CC2)cc1. The summed E-state index contributed by atoms with van der Waals surface area (Å²) in [6, 6.07) is 18.7. The Labute approximate surface area is 144 Å². The first-order chi connectivity index (χ1) is 11.6. The van der Waals surface area contributed by atoms with Crippen LogP contribution in [0.1, 0.15) is 29.9 Å². The Bertz CT molecular complexity index is 660. The van der Waals surface area contributed by atoms with Gasteiger partial charge < -0.3 is 10.2 Å². The topological polar surface area (TPSA) is 32.3 Å². The third-order valence-corrected chi connectivity index (χ3v) is 4.70. The monoisotopic (exact) mass is 322 g/mol. The number of nitrogens with zero attached hydrogens (tertiary/aromatic N) is 1. The molecule has 1 N–H and O–H groups in total. The van der Waals surface area contributed by atoms with Gasteiger partial charge in [-0.25, -0.2) is 0 Å². The maximum atomic E-state index is 12.6. The zero-order chi connectivity index (χ0) is 16.9. The normalized spacial score (nSPS) is 14.9. The third-order valence-electron chi connectivity index (χ3n) is 4.70. The second kappa shape index (κ2) is 7.52. The Hall–Kier alpha value is -2.29. The van der Waals surface area contributed by atoms with Crippen LogP contribution < -0.4 is 10.2 Å². The van der Waals surface area contributed by atoms with Gasteiger partial charge in [0.1, 0.15) is 0 Å². The first kappa shape index (κ1) is 16.6. The first-order valence-electron chi connectivity index (χ1n) is 8.74. The van der Waals surface area contributed by atoms with Crippen LogP contribution in [0.25, 0.3) is 0 Å². The lowest BCUT2D eigenvalue weighted by molar-refractivity contribution is -0.123. The lowest BCUT2D eigenvalue weighted by atomic mass is 9.93. The summed E-state index contributed by atoms with van der Waals surface area (Å²) in [5, 5.41) is 3.14. The minimum Gasteiger partial charge on any atom is -0.378 e. The summed E-state index contributed by atoms with van der Waals surface area (Å²) in [6.45, 7) is 0.691. The average Bonchev–Trinajstić information content (AvgIpc) is 3.41. The maximum Gasteiger partial charge on any atom is 0.227 e. The van der Waals surface area contributed by atoms with Crippen LogP contribution in [0.5, 0.6) is 0 Å². The highest BCUT2D eigenvalue weighted by molar-refractivity contribution is 5.84. The third kappa shape index (κ3) is 4.16. The van der Waals surface area contributed by atoms with Gasteiger partial charge >= 0.3 is 0 Å². The molecule has 0 radical (unpaired) electrons. The van der Waals surface area contributed by atoms with E-state index in [-0.39, 0.29) is 11.8 Å². The van der Waals surface area contributed by atoms with Gasteiger partial charge in [-0.2, -0.15) is 0 Å². The molecule has 2 aromatic carbocycles. The van der Waals surface area contributed by atoms with Crippen molar-refractivity contribution in [2.45, 2.75) is 25.2 Å². The zero-order valence-corrected chi connectivity index (χ0v) is 14.5. The van der Waals surface area contributed by atoms with Crippen molar-refractivity contribution < 1.29 is 4.79 Å². The Balaban J connectivity index is 1.54. The number of hydrogen-bond donors (Lipinski definition) is 1. The van der Waals surface area contributed by atoms with Crippen molar-refractivity contribution in [1.29, 1.82) is 0 Å². The van der Waals surface area contributed by atoms with Crippen molar-refractivity contribution in [3.8, 4) is 0 Å². The van der Waals surface area contributed by atoms with Crippen LogP contribution in [0.15, 0.2) is 54.6 Å². The predicted octanol–water partition coefficient (Wildman–Crippen LogP) is 3.61. The Morgan fingerprint density at radius 3 is 2.33 bits per heavy atom. The number of hydrogen-bond acceptors (Lipinski definition) is 2. The molecule has 24 heavy (non-hydrogen) atoms. The van der Waals surface area contributed by atoms with Crippen molar-refractivity contribution in [2.75, 3.05) is 25.5 Å². The standard InChI is InChI=1S/C21H26N2O/c1-23(2)19-12-8-16(9-13-19)14-15-22-21(24)20(18-10-11-18)17-6-4-3-5-7-17/h3-9,12-13,18,20H,10-11,14-15H2,1-2H3,(H,22,24). The highest BCUT2D eigenvalue weighted by atomic mass is 16.1. The van der Waals surface area contributed by atoms with Gasteiger partial charge in [-0.05, 0) is 48.4 Å². The van der Waals surface area contributed by atoms with E-state index in [0.717, 1.165) is 12.0 Å². The summed E-state index contributed by atoms with van der Waals surface area (Å²) < 4.78 is 0. The fourth-order valence-corrected chi connectivity index (χ4v) is 3.13. The molecule has 2 aromatic rings. The van der Waals surface area contributed by atoms with E-state index < -0.39 is 0 Å². The molecule has 0 aromatic heterocycles. The van der Waals surface area contributed by atoms with Crippen molar-refractivity contribution in [2.24, 2.45) is 5.92 Å². The van der Waals surface area contributed by atoms with Crippen LogP contribution in [0.2, 0.25) is 0 Å². The summed E-state index contributed by atoms with van der Waals surface area (Å²) in [5.41, 5.74) is 3.59. The highest BCUT2D eigenvalue weighted by Crippen LogP contribution is 2.42. The Morgan fingerprint density at radius 2 is 1.75 bits per heavy atom. The van der Waals surface area contributed by atoms with Gasteiger partial charge in [0.25, 0.3) is 0 Å². The molecule has 126 valence electrons. The summed E-state index contributed by atoms with van der Waals surface area (Å²) >= 11 is 0. The predicted molar refractivity (Wildman–Crippen MR) is 99.4 cm³/mol. The quantitative estimate of drug-likeness (QED) is 0.844. The van der Waals surface area contributed by atoms with E-state index in [2.05, 4.69) is 46.6 Å². The van der Waals surface area contributed by atoms with Gasteiger partial charge in [0.2, 0.25) is 5.91 Å². The van der Waals surface area contributed by atoms with E-state index in [4.69, 9.17) is 0 Å². The van der Waals surface area contributed by atoms with E-state index in [1.807, 2.05) is 32.3 Å². The Morgan fingerprint density at radius 1 is 1.08 bits per heavy atom. The maximum absolute atomic E-state index is 12.6. The molecular formula is C21H26N2O. The number of nitrogens with one attached hydrogen (secondary N) is 1. The van der Waals surface area contributed by atoms with Gasteiger partial charge in [-0.15, -0.1) is 0 Å². The molecule has 1 atom stereocenters. The molecule has 0 bridgehead atoms.